The van der Waals surface area contributed by atoms with Gasteiger partial charge in [-0.25, -0.2) is 0 Å². The fourth-order valence-electron chi connectivity index (χ4n) is 3.14. The summed E-state index contributed by atoms with van der Waals surface area (Å²) in [5.74, 6) is 1.50. The van der Waals surface area contributed by atoms with Gasteiger partial charge in [0.2, 0.25) is 0 Å². The van der Waals surface area contributed by atoms with E-state index in [1.54, 1.807) is 0 Å². The topological polar surface area (TPSA) is 89.9 Å². The van der Waals surface area contributed by atoms with Gasteiger partial charge in [0.05, 0.1) is 11.8 Å². The first kappa shape index (κ1) is 24.5. The van der Waals surface area contributed by atoms with Crippen LogP contribution in [0.15, 0.2) is 37.0 Å². The van der Waals surface area contributed by atoms with E-state index < -0.39 is 0 Å². The number of likely N-dealkylation sites (tertiary alicyclic amines) is 1. The zero-order valence-electron chi connectivity index (χ0n) is 18.2. The Kier molecular flexibility index (Phi) is 10.5. The Morgan fingerprint density at radius 1 is 1.00 bits per heavy atom. The molecule has 1 fully saturated rings. The molecule has 30 heavy (non-hydrogen) atoms. The largest absolute Gasteiger partial charge is 0.458 e. The SMILES string of the molecule is CCN/C(S)=N/N=C(/C(C)=N/N=C(\S)NCC)c1ccc(C(C)N2CCCCC2)o1. The first-order chi connectivity index (χ1) is 14.5. The van der Waals surface area contributed by atoms with Crippen molar-refractivity contribution in [1.82, 2.24) is 15.5 Å². The number of rotatable bonds is 8. The molecule has 1 atom stereocenters. The molecule has 1 aliphatic rings. The van der Waals surface area contributed by atoms with Gasteiger partial charge in [0.15, 0.2) is 21.8 Å². The number of thiol groups is 2. The van der Waals surface area contributed by atoms with Gasteiger partial charge in [-0.3, -0.25) is 4.90 Å². The summed E-state index contributed by atoms with van der Waals surface area (Å²) in [6, 6.07) is 4.11. The van der Waals surface area contributed by atoms with E-state index in [2.05, 4.69) is 68.1 Å². The molecule has 8 nitrogen and oxygen atoms in total. The number of hydrogen-bond donors (Lipinski definition) is 4. The Balaban J connectivity index is 2.31. The molecule has 1 saturated heterocycles. The molecular formula is C20H33N7OS2. The van der Waals surface area contributed by atoms with E-state index in [0.29, 0.717) is 40.6 Å². The first-order valence-electron chi connectivity index (χ1n) is 10.4. The maximum atomic E-state index is 6.18. The number of piperidine rings is 1. The van der Waals surface area contributed by atoms with Crippen LogP contribution in [0.25, 0.3) is 0 Å². The zero-order valence-corrected chi connectivity index (χ0v) is 20.0. The Hall–Kier alpha value is -1.78. The second kappa shape index (κ2) is 12.8. The lowest BCUT2D eigenvalue weighted by Crippen LogP contribution is -2.32. The summed E-state index contributed by atoms with van der Waals surface area (Å²) >= 11 is 8.55. The molecule has 1 aliphatic heterocycles. The van der Waals surface area contributed by atoms with Gasteiger partial charge in [-0.2, -0.15) is 5.10 Å². The predicted octanol–water partition coefficient (Wildman–Crippen LogP) is 3.70. The van der Waals surface area contributed by atoms with Crippen LogP contribution in [0, 0.1) is 0 Å². The summed E-state index contributed by atoms with van der Waals surface area (Å²) in [5.41, 5.74) is 1.06. The fourth-order valence-corrected chi connectivity index (χ4v) is 3.55. The van der Waals surface area contributed by atoms with Crippen LogP contribution in [-0.4, -0.2) is 52.8 Å². The van der Waals surface area contributed by atoms with Crippen molar-refractivity contribution in [1.29, 1.82) is 0 Å². The number of furan rings is 1. The van der Waals surface area contributed by atoms with Crippen molar-refractivity contribution < 1.29 is 4.42 Å². The summed E-state index contributed by atoms with van der Waals surface area (Å²) in [4.78, 5) is 2.45. The van der Waals surface area contributed by atoms with Gasteiger partial charge >= 0.3 is 0 Å². The van der Waals surface area contributed by atoms with Crippen molar-refractivity contribution in [3.05, 3.63) is 23.7 Å². The first-order valence-corrected chi connectivity index (χ1v) is 11.3. The molecule has 0 bridgehead atoms. The lowest BCUT2D eigenvalue weighted by atomic mass is 10.1. The van der Waals surface area contributed by atoms with Gasteiger partial charge in [0.25, 0.3) is 0 Å². The number of nitrogens with one attached hydrogen (secondary N) is 2. The van der Waals surface area contributed by atoms with E-state index in [9.17, 15) is 0 Å². The summed E-state index contributed by atoms with van der Waals surface area (Å²) in [5, 5.41) is 23.6. The third-order valence-corrected chi connectivity index (χ3v) is 5.26. The van der Waals surface area contributed by atoms with E-state index in [1.165, 1.54) is 19.3 Å². The quantitative estimate of drug-likeness (QED) is 0.210. The smallest absolute Gasteiger partial charge is 0.180 e. The highest BCUT2D eigenvalue weighted by molar-refractivity contribution is 7.97. The van der Waals surface area contributed by atoms with E-state index in [0.717, 1.165) is 18.8 Å². The van der Waals surface area contributed by atoms with E-state index in [-0.39, 0.29) is 6.04 Å². The van der Waals surface area contributed by atoms with Gasteiger partial charge in [-0.05, 0) is 65.8 Å². The summed E-state index contributed by atoms with van der Waals surface area (Å²) < 4.78 is 6.18. The molecule has 1 aromatic rings. The highest BCUT2D eigenvalue weighted by atomic mass is 32.1. The van der Waals surface area contributed by atoms with E-state index >= 15 is 0 Å². The van der Waals surface area contributed by atoms with Crippen LogP contribution in [0.2, 0.25) is 0 Å². The molecule has 0 spiro atoms. The number of nitrogens with zero attached hydrogens (tertiary/aromatic N) is 5. The summed E-state index contributed by atoms with van der Waals surface area (Å²) in [6.07, 6.45) is 3.77. The van der Waals surface area contributed by atoms with Gasteiger partial charge in [-0.15, -0.1) is 40.6 Å². The number of hydrogen-bond acceptors (Lipinski definition) is 6. The van der Waals surface area contributed by atoms with Crippen LogP contribution < -0.4 is 10.6 Å². The van der Waals surface area contributed by atoms with Gasteiger partial charge in [0, 0.05) is 13.1 Å². The molecule has 2 N–H and O–H groups in total. The molecule has 0 radical (unpaired) electrons. The van der Waals surface area contributed by atoms with Crippen molar-refractivity contribution in [3.63, 3.8) is 0 Å². The van der Waals surface area contributed by atoms with Crippen LogP contribution in [0.4, 0.5) is 0 Å². The molecule has 2 rings (SSSR count). The standard InChI is InChI=1S/C20H33N7OS2/c1-5-21-19(29)25-23-14(3)18(24-26-20(30)22-6-2)17-11-10-16(28-17)15(4)27-12-8-7-9-13-27/h10-11,15H,5-9,12-13H2,1-4H3,(H2,21,25,29)(H2,22,26,30)/b23-14+,24-18-. The van der Waals surface area contributed by atoms with E-state index in [1.807, 2.05) is 32.9 Å². The molecule has 0 amide bonds. The highest BCUT2D eigenvalue weighted by Crippen LogP contribution is 2.26. The summed E-state index contributed by atoms with van der Waals surface area (Å²) in [7, 11) is 0. The Bertz CT molecular complexity index is 795. The zero-order chi connectivity index (χ0) is 21.9. The maximum absolute atomic E-state index is 6.18. The normalized spacial score (nSPS) is 18.5. The second-order valence-electron chi connectivity index (χ2n) is 7.02. The minimum Gasteiger partial charge on any atom is -0.458 e. The average Bonchev–Trinajstić information content (AvgIpc) is 3.22. The van der Waals surface area contributed by atoms with Gasteiger partial charge < -0.3 is 15.1 Å². The fraction of sp³-hybridized carbons (Fsp3) is 0.600. The van der Waals surface area contributed by atoms with Crippen LogP contribution in [0.5, 0.6) is 0 Å². The van der Waals surface area contributed by atoms with Gasteiger partial charge in [0.1, 0.15) is 5.76 Å². The van der Waals surface area contributed by atoms with E-state index in [4.69, 9.17) is 4.42 Å². The van der Waals surface area contributed by atoms with Crippen molar-refractivity contribution in [3.8, 4) is 0 Å². The predicted molar refractivity (Wildman–Crippen MR) is 132 cm³/mol. The summed E-state index contributed by atoms with van der Waals surface area (Å²) in [6.45, 7) is 11.5. The molecule has 1 aromatic heterocycles. The Labute approximate surface area is 190 Å². The number of amidine groups is 2. The van der Waals surface area contributed by atoms with Crippen LogP contribution in [0.3, 0.4) is 0 Å². The highest BCUT2D eigenvalue weighted by Gasteiger charge is 2.22. The van der Waals surface area contributed by atoms with Crippen molar-refractivity contribution in [2.24, 2.45) is 20.4 Å². The van der Waals surface area contributed by atoms with Gasteiger partial charge in [-0.1, -0.05) is 6.42 Å². The van der Waals surface area contributed by atoms with Crippen LogP contribution in [0.1, 0.15) is 64.5 Å². The second-order valence-corrected chi connectivity index (χ2v) is 7.86. The lowest BCUT2D eigenvalue weighted by Gasteiger charge is -2.31. The third kappa shape index (κ3) is 7.48. The lowest BCUT2D eigenvalue weighted by molar-refractivity contribution is 0.157. The van der Waals surface area contributed by atoms with Crippen molar-refractivity contribution >= 4 is 47.0 Å². The molecule has 0 aliphatic carbocycles. The van der Waals surface area contributed by atoms with Crippen molar-refractivity contribution in [2.75, 3.05) is 26.2 Å². The third-order valence-electron chi connectivity index (χ3n) is 4.76. The molecular weight excluding hydrogens is 418 g/mol. The Morgan fingerprint density at radius 3 is 2.20 bits per heavy atom. The minimum absolute atomic E-state index is 0.207. The Morgan fingerprint density at radius 2 is 1.60 bits per heavy atom. The molecule has 2 heterocycles. The van der Waals surface area contributed by atoms with Crippen LogP contribution >= 0.6 is 25.3 Å². The molecule has 0 saturated carbocycles. The molecule has 166 valence electrons. The minimum atomic E-state index is 0.207. The molecule has 0 aromatic carbocycles. The van der Waals surface area contributed by atoms with Crippen molar-refractivity contribution in [2.45, 2.75) is 53.0 Å². The molecule has 10 heteroatoms. The molecule has 1 unspecified atom stereocenters. The average molecular weight is 452 g/mol. The maximum Gasteiger partial charge on any atom is 0.180 e. The monoisotopic (exact) mass is 451 g/mol. The van der Waals surface area contributed by atoms with Crippen LogP contribution in [-0.2, 0) is 0 Å².